The minimum absolute atomic E-state index is 0.109. The van der Waals surface area contributed by atoms with Crippen LogP contribution in [0.1, 0.15) is 49.9 Å². The van der Waals surface area contributed by atoms with Crippen molar-refractivity contribution in [2.75, 3.05) is 42.9 Å². The summed E-state index contributed by atoms with van der Waals surface area (Å²) in [7, 11) is 0. The number of carbonyl (C=O) groups excluding carboxylic acids is 2. The van der Waals surface area contributed by atoms with E-state index < -0.39 is 0 Å². The number of rotatable bonds is 6. The molecule has 2 aliphatic heterocycles. The number of pyridine rings is 1. The number of aromatic nitrogens is 1. The molecule has 0 bridgehead atoms. The highest BCUT2D eigenvalue weighted by Gasteiger charge is 2.34. The fraction of sp³-hybridized carbons (Fsp3) is 0.480. The van der Waals surface area contributed by atoms with Gasteiger partial charge in [0, 0.05) is 19.3 Å². The predicted molar refractivity (Wildman–Crippen MR) is 127 cm³/mol. The normalized spacial score (nSPS) is 18.1. The zero-order valence-corrected chi connectivity index (χ0v) is 19.1. The number of fused-ring (bicyclic) bond motifs is 2. The fourth-order valence-corrected chi connectivity index (χ4v) is 4.78. The van der Waals surface area contributed by atoms with Crippen LogP contribution in [0.5, 0.6) is 0 Å². The minimum Gasteiger partial charge on any atom is -0.324 e. The molecule has 2 aromatic rings. The first-order chi connectivity index (χ1) is 15.6. The summed E-state index contributed by atoms with van der Waals surface area (Å²) in [5.74, 6) is 0.654. The lowest BCUT2D eigenvalue weighted by atomic mass is 9.93. The van der Waals surface area contributed by atoms with E-state index in [0.29, 0.717) is 28.7 Å². The van der Waals surface area contributed by atoms with Crippen LogP contribution in [-0.2, 0) is 0 Å². The number of nitrogens with one attached hydrogen (secondary N) is 1. The predicted octanol–water partition coefficient (Wildman–Crippen LogP) is 4.74. The van der Waals surface area contributed by atoms with Crippen LogP contribution < -0.4 is 10.2 Å². The van der Waals surface area contributed by atoms with Gasteiger partial charge in [-0.25, -0.2) is 14.7 Å². The molecule has 170 valence electrons. The summed E-state index contributed by atoms with van der Waals surface area (Å²) in [6.45, 7) is 9.16. The van der Waals surface area contributed by atoms with Gasteiger partial charge in [-0.2, -0.15) is 0 Å². The van der Waals surface area contributed by atoms with Gasteiger partial charge in [0.05, 0.1) is 16.9 Å². The van der Waals surface area contributed by atoms with Crippen molar-refractivity contribution in [3.63, 3.8) is 0 Å². The molecule has 0 spiro atoms. The van der Waals surface area contributed by atoms with E-state index in [1.807, 2.05) is 29.2 Å². The Morgan fingerprint density at radius 3 is 2.81 bits per heavy atom. The van der Waals surface area contributed by atoms with Gasteiger partial charge in [0.15, 0.2) is 5.82 Å². The average molecular weight is 436 g/mol. The highest BCUT2D eigenvalue weighted by Crippen LogP contribution is 2.37. The van der Waals surface area contributed by atoms with Gasteiger partial charge in [0.25, 0.3) is 5.91 Å². The number of anilines is 3. The van der Waals surface area contributed by atoms with Crippen molar-refractivity contribution in [2.24, 2.45) is 5.92 Å². The first-order valence-corrected chi connectivity index (χ1v) is 11.8. The van der Waals surface area contributed by atoms with Crippen LogP contribution in [0.15, 0.2) is 42.6 Å². The standard InChI is InChI=1S/C25H33N5O2/c1-3-28(4-2)16-8-10-19-11-9-17-29(18-19)25(32)30-22-14-6-5-13-21(22)27-24(31)20-12-7-15-26-23(20)30/h5-7,12-15,19H,3-4,8-11,16-18H2,1-2H3,(H,27,31). The highest BCUT2D eigenvalue weighted by atomic mass is 16.2. The Hall–Kier alpha value is -2.93. The van der Waals surface area contributed by atoms with Crippen molar-refractivity contribution >= 4 is 29.1 Å². The smallest absolute Gasteiger partial charge is 0.324 e. The molecule has 3 heterocycles. The van der Waals surface area contributed by atoms with E-state index in [1.54, 1.807) is 23.2 Å². The molecule has 0 radical (unpaired) electrons. The molecule has 1 saturated heterocycles. The van der Waals surface area contributed by atoms with Crippen molar-refractivity contribution in [1.82, 2.24) is 14.8 Å². The molecule has 1 unspecified atom stereocenters. The number of hydrogen-bond acceptors (Lipinski definition) is 4. The Kier molecular flexibility index (Phi) is 7.05. The zero-order valence-electron chi connectivity index (χ0n) is 19.1. The lowest BCUT2D eigenvalue weighted by Gasteiger charge is -2.36. The van der Waals surface area contributed by atoms with E-state index in [0.717, 1.165) is 58.4 Å². The molecule has 32 heavy (non-hydrogen) atoms. The molecule has 1 aromatic carbocycles. The molecule has 1 fully saturated rings. The molecule has 0 saturated carbocycles. The summed E-state index contributed by atoms with van der Waals surface area (Å²) in [6.07, 6.45) is 6.08. The number of likely N-dealkylation sites (tertiary alicyclic amines) is 1. The molecule has 7 heteroatoms. The maximum atomic E-state index is 13.8. The zero-order chi connectivity index (χ0) is 22.5. The van der Waals surface area contributed by atoms with Crippen LogP contribution in [0, 0.1) is 5.92 Å². The third-order valence-corrected chi connectivity index (χ3v) is 6.60. The summed E-state index contributed by atoms with van der Waals surface area (Å²) in [4.78, 5) is 37.1. The lowest BCUT2D eigenvalue weighted by molar-refractivity contribution is 0.102. The van der Waals surface area contributed by atoms with Crippen LogP contribution in [0.4, 0.5) is 22.0 Å². The van der Waals surface area contributed by atoms with Gasteiger partial charge < -0.3 is 15.1 Å². The average Bonchev–Trinajstić information content (AvgIpc) is 2.95. The van der Waals surface area contributed by atoms with Crippen LogP contribution in [0.3, 0.4) is 0 Å². The van der Waals surface area contributed by atoms with Gasteiger partial charge >= 0.3 is 6.03 Å². The van der Waals surface area contributed by atoms with E-state index in [9.17, 15) is 9.59 Å². The first-order valence-electron chi connectivity index (χ1n) is 11.8. The molecular weight excluding hydrogens is 402 g/mol. The maximum absolute atomic E-state index is 13.8. The molecule has 1 N–H and O–H groups in total. The number of urea groups is 1. The number of benzene rings is 1. The van der Waals surface area contributed by atoms with Crippen molar-refractivity contribution in [1.29, 1.82) is 0 Å². The second kappa shape index (κ2) is 10.1. The lowest BCUT2D eigenvalue weighted by Crippen LogP contribution is -2.46. The quantitative estimate of drug-likeness (QED) is 0.712. The number of para-hydroxylation sites is 2. The molecule has 1 aromatic heterocycles. The SMILES string of the molecule is CCN(CC)CCCC1CCCN(C(=O)N2c3ccccc3NC(=O)c3cccnc32)C1. The Morgan fingerprint density at radius 1 is 1.19 bits per heavy atom. The minimum atomic E-state index is -0.247. The molecule has 2 aliphatic rings. The van der Waals surface area contributed by atoms with Gasteiger partial charge in [0.1, 0.15) is 0 Å². The van der Waals surface area contributed by atoms with Crippen molar-refractivity contribution in [2.45, 2.75) is 39.5 Å². The first kappa shape index (κ1) is 22.3. The largest absolute Gasteiger partial charge is 0.330 e. The van der Waals surface area contributed by atoms with Gasteiger partial charge in [0.2, 0.25) is 0 Å². The van der Waals surface area contributed by atoms with Crippen LogP contribution in [0.25, 0.3) is 0 Å². The van der Waals surface area contributed by atoms with E-state index in [-0.39, 0.29) is 11.9 Å². The van der Waals surface area contributed by atoms with E-state index in [1.165, 1.54) is 0 Å². The number of hydrogen-bond donors (Lipinski definition) is 1. The molecule has 7 nitrogen and oxygen atoms in total. The van der Waals surface area contributed by atoms with Gasteiger partial charge in [-0.05, 0) is 75.5 Å². The Balaban J connectivity index is 1.55. The molecular formula is C25H33N5O2. The van der Waals surface area contributed by atoms with E-state index in [4.69, 9.17) is 0 Å². The third-order valence-electron chi connectivity index (χ3n) is 6.60. The Bertz CT molecular complexity index is 959. The van der Waals surface area contributed by atoms with Gasteiger partial charge in [-0.15, -0.1) is 0 Å². The fourth-order valence-electron chi connectivity index (χ4n) is 4.78. The molecule has 4 rings (SSSR count). The third kappa shape index (κ3) is 4.63. The summed E-state index contributed by atoms with van der Waals surface area (Å²) >= 11 is 0. The summed E-state index contributed by atoms with van der Waals surface area (Å²) in [5.41, 5.74) is 1.69. The van der Waals surface area contributed by atoms with Crippen molar-refractivity contribution in [3.05, 3.63) is 48.2 Å². The monoisotopic (exact) mass is 435 g/mol. The van der Waals surface area contributed by atoms with E-state index >= 15 is 0 Å². The highest BCUT2D eigenvalue weighted by molar-refractivity contribution is 6.16. The summed E-state index contributed by atoms with van der Waals surface area (Å²) in [6, 6.07) is 10.8. The van der Waals surface area contributed by atoms with E-state index in [2.05, 4.69) is 29.0 Å². The second-order valence-electron chi connectivity index (χ2n) is 8.59. The van der Waals surface area contributed by atoms with Gasteiger partial charge in [-0.1, -0.05) is 26.0 Å². The van der Waals surface area contributed by atoms with Crippen LogP contribution in [0.2, 0.25) is 0 Å². The van der Waals surface area contributed by atoms with Crippen LogP contribution >= 0.6 is 0 Å². The molecule has 3 amide bonds. The second-order valence-corrected chi connectivity index (χ2v) is 8.59. The number of nitrogens with zero attached hydrogens (tertiary/aromatic N) is 4. The van der Waals surface area contributed by atoms with Gasteiger partial charge in [-0.3, -0.25) is 4.79 Å². The Labute approximate surface area is 190 Å². The number of amides is 3. The topological polar surface area (TPSA) is 68.8 Å². The van der Waals surface area contributed by atoms with Crippen LogP contribution in [-0.4, -0.2) is 59.4 Å². The van der Waals surface area contributed by atoms with Crippen molar-refractivity contribution in [3.8, 4) is 0 Å². The number of piperidine rings is 1. The van der Waals surface area contributed by atoms with Crippen molar-refractivity contribution < 1.29 is 9.59 Å². The summed E-state index contributed by atoms with van der Waals surface area (Å²) < 4.78 is 0. The maximum Gasteiger partial charge on any atom is 0.330 e. The molecule has 1 atom stereocenters. The Morgan fingerprint density at radius 2 is 2.00 bits per heavy atom. The summed E-state index contributed by atoms with van der Waals surface area (Å²) in [5, 5.41) is 2.93. The number of carbonyl (C=O) groups is 2. The molecule has 0 aliphatic carbocycles.